The van der Waals surface area contributed by atoms with Crippen molar-refractivity contribution in [1.29, 1.82) is 0 Å². The molecule has 0 spiro atoms. The highest BCUT2D eigenvalue weighted by atomic mass is 15.1. The van der Waals surface area contributed by atoms with E-state index in [1.807, 2.05) is 30.7 Å². The van der Waals surface area contributed by atoms with Crippen molar-refractivity contribution in [2.24, 2.45) is 0 Å². The van der Waals surface area contributed by atoms with E-state index in [0.29, 0.717) is 0 Å². The minimum Gasteiger partial charge on any atom is -0.288 e. The molecule has 0 atom stereocenters. The highest BCUT2D eigenvalue weighted by Crippen LogP contribution is 2.06. The molecule has 0 aliphatic heterocycles. The molecule has 0 radical (unpaired) electrons. The number of hydrogen-bond acceptors (Lipinski definition) is 3. The van der Waals surface area contributed by atoms with Crippen molar-refractivity contribution < 1.29 is 0 Å². The summed E-state index contributed by atoms with van der Waals surface area (Å²) in [5, 5.41) is 0. The number of hydrogen-bond donors (Lipinski definition) is 0. The Bertz CT molecular complexity index is 419. The molecule has 2 aromatic rings. The predicted molar refractivity (Wildman–Crippen MR) is 48.6 cm³/mol. The summed E-state index contributed by atoms with van der Waals surface area (Å²) in [6.45, 7) is 3.88. The fourth-order valence-corrected chi connectivity index (χ4v) is 1.19. The summed E-state index contributed by atoms with van der Waals surface area (Å²) in [6.07, 6.45) is 5.20. The van der Waals surface area contributed by atoms with Gasteiger partial charge in [-0.25, -0.2) is 15.0 Å². The fourth-order valence-electron chi connectivity index (χ4n) is 1.19. The van der Waals surface area contributed by atoms with Crippen LogP contribution in [0.15, 0.2) is 24.8 Å². The zero-order chi connectivity index (χ0) is 9.26. The van der Waals surface area contributed by atoms with Crippen LogP contribution in [0.1, 0.15) is 11.5 Å². The van der Waals surface area contributed by atoms with E-state index < -0.39 is 0 Å². The summed E-state index contributed by atoms with van der Waals surface area (Å²) in [6, 6.07) is 1.93. The molecular weight excluding hydrogens is 164 g/mol. The Kier molecular flexibility index (Phi) is 1.81. The molecule has 66 valence electrons. The van der Waals surface area contributed by atoms with Crippen molar-refractivity contribution in [1.82, 2.24) is 19.5 Å². The quantitative estimate of drug-likeness (QED) is 0.654. The van der Waals surface area contributed by atoms with Crippen LogP contribution in [0.4, 0.5) is 0 Å². The molecule has 0 bridgehead atoms. The van der Waals surface area contributed by atoms with Crippen molar-refractivity contribution in [2.45, 2.75) is 13.8 Å². The van der Waals surface area contributed by atoms with Gasteiger partial charge in [0.25, 0.3) is 0 Å². The van der Waals surface area contributed by atoms with Gasteiger partial charge in [0.15, 0.2) is 0 Å². The highest BCUT2D eigenvalue weighted by molar-refractivity contribution is 5.24. The molecule has 4 nitrogen and oxygen atoms in total. The summed E-state index contributed by atoms with van der Waals surface area (Å²) < 4.78 is 1.93. The Morgan fingerprint density at radius 1 is 1.15 bits per heavy atom. The van der Waals surface area contributed by atoms with Gasteiger partial charge in [0.1, 0.15) is 18.0 Å². The summed E-state index contributed by atoms with van der Waals surface area (Å²) in [5.41, 5.74) is 0.957. The molecule has 0 saturated carbocycles. The van der Waals surface area contributed by atoms with E-state index in [-0.39, 0.29) is 0 Å². The van der Waals surface area contributed by atoms with E-state index in [4.69, 9.17) is 0 Å². The molecule has 2 heterocycles. The first-order valence-electron chi connectivity index (χ1n) is 4.06. The van der Waals surface area contributed by atoms with Gasteiger partial charge in [0.05, 0.1) is 0 Å². The monoisotopic (exact) mass is 174 g/mol. The number of rotatable bonds is 1. The summed E-state index contributed by atoms with van der Waals surface area (Å²) in [5.74, 6) is 1.79. The van der Waals surface area contributed by atoms with Crippen LogP contribution in [0.2, 0.25) is 0 Å². The predicted octanol–water partition coefficient (Wildman–Crippen LogP) is 1.28. The lowest BCUT2D eigenvalue weighted by Crippen LogP contribution is -1.99. The zero-order valence-electron chi connectivity index (χ0n) is 7.60. The molecule has 2 aromatic heterocycles. The molecule has 0 aliphatic carbocycles. The smallest absolute Gasteiger partial charge is 0.141 e. The standard InChI is InChI=1S/C9H10N4/c1-7-5-9(12-6-11-7)13-4-3-10-8(13)2/h3-6H,1-2H3. The fraction of sp³-hybridized carbons (Fsp3) is 0.222. The molecule has 0 unspecified atom stereocenters. The molecule has 0 amide bonds. The van der Waals surface area contributed by atoms with Crippen LogP contribution in [0.25, 0.3) is 5.82 Å². The van der Waals surface area contributed by atoms with Crippen LogP contribution in [0.3, 0.4) is 0 Å². The summed E-state index contributed by atoms with van der Waals surface area (Å²) in [7, 11) is 0. The Hall–Kier alpha value is -1.71. The molecule has 0 aromatic carbocycles. The minimum absolute atomic E-state index is 0.863. The van der Waals surface area contributed by atoms with Gasteiger partial charge in [0.2, 0.25) is 0 Å². The van der Waals surface area contributed by atoms with Crippen molar-refractivity contribution >= 4 is 0 Å². The molecule has 0 aliphatic rings. The third-order valence-electron chi connectivity index (χ3n) is 1.86. The van der Waals surface area contributed by atoms with Crippen molar-refractivity contribution in [2.75, 3.05) is 0 Å². The molecule has 0 fully saturated rings. The van der Waals surface area contributed by atoms with Gasteiger partial charge in [-0.1, -0.05) is 0 Å². The molecular formula is C9H10N4. The third-order valence-corrected chi connectivity index (χ3v) is 1.86. The van der Waals surface area contributed by atoms with Crippen LogP contribution in [0.5, 0.6) is 0 Å². The average Bonchev–Trinajstić information content (AvgIpc) is 2.51. The van der Waals surface area contributed by atoms with Crippen LogP contribution in [0, 0.1) is 13.8 Å². The van der Waals surface area contributed by atoms with Crippen molar-refractivity contribution in [3.05, 3.63) is 36.3 Å². The average molecular weight is 174 g/mol. The van der Waals surface area contributed by atoms with E-state index >= 15 is 0 Å². The van der Waals surface area contributed by atoms with Crippen LogP contribution < -0.4 is 0 Å². The minimum atomic E-state index is 0.863. The number of imidazole rings is 1. The van der Waals surface area contributed by atoms with E-state index in [1.54, 1.807) is 12.5 Å². The Morgan fingerprint density at radius 2 is 2.00 bits per heavy atom. The third kappa shape index (κ3) is 1.42. The zero-order valence-corrected chi connectivity index (χ0v) is 7.60. The normalized spacial score (nSPS) is 10.3. The lowest BCUT2D eigenvalue weighted by atomic mass is 10.4. The molecule has 4 heteroatoms. The Balaban J connectivity index is 2.53. The molecule has 0 N–H and O–H groups in total. The topological polar surface area (TPSA) is 43.6 Å². The lowest BCUT2D eigenvalue weighted by Gasteiger charge is -2.02. The van der Waals surface area contributed by atoms with Gasteiger partial charge in [-0.2, -0.15) is 0 Å². The molecule has 0 saturated heterocycles. The Morgan fingerprint density at radius 3 is 2.62 bits per heavy atom. The van der Waals surface area contributed by atoms with Crippen LogP contribution >= 0.6 is 0 Å². The van der Waals surface area contributed by atoms with Crippen molar-refractivity contribution in [3.63, 3.8) is 0 Å². The second-order valence-electron chi connectivity index (χ2n) is 2.86. The first-order valence-corrected chi connectivity index (χ1v) is 4.06. The summed E-state index contributed by atoms with van der Waals surface area (Å²) in [4.78, 5) is 12.3. The largest absolute Gasteiger partial charge is 0.288 e. The van der Waals surface area contributed by atoms with Crippen LogP contribution in [-0.4, -0.2) is 19.5 Å². The van der Waals surface area contributed by atoms with Crippen molar-refractivity contribution in [3.8, 4) is 5.82 Å². The second kappa shape index (κ2) is 2.97. The van der Waals surface area contributed by atoms with Gasteiger partial charge in [-0.3, -0.25) is 4.57 Å². The van der Waals surface area contributed by atoms with Crippen LogP contribution in [-0.2, 0) is 0 Å². The van der Waals surface area contributed by atoms with Gasteiger partial charge in [-0.05, 0) is 13.8 Å². The molecule has 13 heavy (non-hydrogen) atoms. The summed E-state index contributed by atoms with van der Waals surface area (Å²) >= 11 is 0. The van der Waals surface area contributed by atoms with Gasteiger partial charge >= 0.3 is 0 Å². The van der Waals surface area contributed by atoms with E-state index in [9.17, 15) is 0 Å². The van der Waals surface area contributed by atoms with Gasteiger partial charge in [-0.15, -0.1) is 0 Å². The first kappa shape index (κ1) is 7.91. The highest BCUT2D eigenvalue weighted by Gasteiger charge is 2.00. The van der Waals surface area contributed by atoms with E-state index in [2.05, 4.69) is 15.0 Å². The van der Waals surface area contributed by atoms with E-state index in [0.717, 1.165) is 17.3 Å². The van der Waals surface area contributed by atoms with Gasteiger partial charge < -0.3 is 0 Å². The SMILES string of the molecule is Cc1cc(-n2ccnc2C)ncn1. The maximum absolute atomic E-state index is 4.15. The lowest BCUT2D eigenvalue weighted by molar-refractivity contribution is 0.911. The number of aromatic nitrogens is 4. The number of nitrogens with zero attached hydrogens (tertiary/aromatic N) is 4. The maximum Gasteiger partial charge on any atom is 0.141 e. The Labute approximate surface area is 76.3 Å². The first-order chi connectivity index (χ1) is 6.27. The van der Waals surface area contributed by atoms with E-state index in [1.165, 1.54) is 0 Å². The second-order valence-corrected chi connectivity index (χ2v) is 2.86. The number of aryl methyl sites for hydroxylation is 2. The molecule has 2 rings (SSSR count). The van der Waals surface area contributed by atoms with Gasteiger partial charge in [0, 0.05) is 24.2 Å². The maximum atomic E-state index is 4.15.